The number of hydrogen-bond acceptors (Lipinski definition) is 2. The lowest BCUT2D eigenvalue weighted by Gasteiger charge is -2.15. The van der Waals surface area contributed by atoms with E-state index in [0.717, 1.165) is 0 Å². The summed E-state index contributed by atoms with van der Waals surface area (Å²) in [5.74, 6) is 0. The van der Waals surface area contributed by atoms with Gasteiger partial charge in [-0.1, -0.05) is 48.5 Å². The molecule has 3 nitrogen and oxygen atoms in total. The second-order valence-corrected chi connectivity index (χ2v) is 4.83. The molecule has 0 aliphatic carbocycles. The Hall–Kier alpha value is -2.03. The van der Waals surface area contributed by atoms with E-state index in [9.17, 15) is 4.79 Å². The van der Waals surface area contributed by atoms with Gasteiger partial charge in [0.05, 0.1) is 0 Å². The standard InChI is InChI=1S/C10H8.C5H10O3/c1-2-6-10-8-4-3-7-9(10)5-1;1-5(2,3)8-4(6)7/h1-8H;1-3H3,(H,6,7). The van der Waals surface area contributed by atoms with Crippen LogP contribution in [-0.4, -0.2) is 16.9 Å². The maximum atomic E-state index is 9.79. The van der Waals surface area contributed by atoms with Crippen molar-refractivity contribution >= 4 is 16.9 Å². The Kier molecular flexibility index (Phi) is 4.72. The predicted octanol–water partition coefficient (Wildman–Crippen LogP) is 4.32. The summed E-state index contributed by atoms with van der Waals surface area (Å²) in [5.41, 5.74) is -0.578. The molecule has 0 saturated heterocycles. The van der Waals surface area contributed by atoms with Crippen LogP contribution in [0.1, 0.15) is 20.8 Å². The molecule has 3 heteroatoms. The molecular weight excluding hydrogens is 228 g/mol. The van der Waals surface area contributed by atoms with Crippen LogP contribution >= 0.6 is 0 Å². The normalized spacial score (nSPS) is 10.4. The highest BCUT2D eigenvalue weighted by molar-refractivity contribution is 5.81. The molecule has 0 radical (unpaired) electrons. The van der Waals surface area contributed by atoms with Gasteiger partial charge in [0, 0.05) is 0 Å². The van der Waals surface area contributed by atoms with Crippen molar-refractivity contribution in [2.24, 2.45) is 0 Å². The summed E-state index contributed by atoms with van der Waals surface area (Å²) >= 11 is 0. The lowest BCUT2D eigenvalue weighted by Crippen LogP contribution is -2.22. The molecule has 2 aromatic carbocycles. The van der Waals surface area contributed by atoms with Gasteiger partial charge in [0.2, 0.25) is 0 Å². The fourth-order valence-electron chi connectivity index (χ4n) is 1.39. The fourth-order valence-corrected chi connectivity index (χ4v) is 1.39. The summed E-state index contributed by atoms with van der Waals surface area (Å²) in [6, 6.07) is 16.7. The monoisotopic (exact) mass is 246 g/mol. The second-order valence-electron chi connectivity index (χ2n) is 4.83. The van der Waals surface area contributed by atoms with E-state index >= 15 is 0 Å². The molecule has 0 unspecified atom stereocenters. The van der Waals surface area contributed by atoms with Crippen molar-refractivity contribution < 1.29 is 14.6 Å². The zero-order valence-electron chi connectivity index (χ0n) is 10.9. The molecular formula is C15H18O3. The topological polar surface area (TPSA) is 46.5 Å². The Morgan fingerprint density at radius 2 is 1.28 bits per heavy atom. The predicted molar refractivity (Wildman–Crippen MR) is 72.8 cm³/mol. The zero-order valence-corrected chi connectivity index (χ0v) is 10.9. The summed E-state index contributed by atoms with van der Waals surface area (Å²) in [6.07, 6.45) is -1.22. The highest BCUT2D eigenvalue weighted by Gasteiger charge is 2.13. The number of ether oxygens (including phenoxy) is 1. The van der Waals surface area contributed by atoms with Crippen LogP contribution in [0.4, 0.5) is 4.79 Å². The van der Waals surface area contributed by atoms with Crippen molar-refractivity contribution in [1.29, 1.82) is 0 Å². The van der Waals surface area contributed by atoms with E-state index in [4.69, 9.17) is 5.11 Å². The van der Waals surface area contributed by atoms with Crippen LogP contribution in [-0.2, 0) is 4.74 Å². The molecule has 1 N–H and O–H groups in total. The molecule has 0 atom stereocenters. The molecule has 96 valence electrons. The molecule has 0 spiro atoms. The largest absolute Gasteiger partial charge is 0.506 e. The van der Waals surface area contributed by atoms with Gasteiger partial charge >= 0.3 is 6.16 Å². The molecule has 0 saturated carbocycles. The van der Waals surface area contributed by atoms with Crippen molar-refractivity contribution in [1.82, 2.24) is 0 Å². The van der Waals surface area contributed by atoms with Gasteiger partial charge in [0.25, 0.3) is 0 Å². The van der Waals surface area contributed by atoms with Gasteiger partial charge in [-0.15, -0.1) is 0 Å². The van der Waals surface area contributed by atoms with Crippen LogP contribution in [0.2, 0.25) is 0 Å². The van der Waals surface area contributed by atoms with E-state index in [2.05, 4.69) is 53.3 Å². The fraction of sp³-hybridized carbons (Fsp3) is 0.267. The van der Waals surface area contributed by atoms with E-state index in [-0.39, 0.29) is 0 Å². The average molecular weight is 246 g/mol. The summed E-state index contributed by atoms with van der Waals surface area (Å²) in [5, 5.41) is 10.6. The minimum Gasteiger partial charge on any atom is -0.450 e. The lowest BCUT2D eigenvalue weighted by atomic mass is 10.1. The first kappa shape index (κ1) is 14.0. The first-order valence-electron chi connectivity index (χ1n) is 5.74. The first-order valence-corrected chi connectivity index (χ1v) is 5.74. The highest BCUT2D eigenvalue weighted by atomic mass is 16.7. The number of carboxylic acid groups (broad SMARTS) is 1. The molecule has 2 aromatic rings. The van der Waals surface area contributed by atoms with Gasteiger partial charge in [-0.25, -0.2) is 4.79 Å². The Morgan fingerprint density at radius 3 is 1.44 bits per heavy atom. The third-order valence-corrected chi connectivity index (χ3v) is 2.05. The third kappa shape index (κ3) is 5.34. The lowest BCUT2D eigenvalue weighted by molar-refractivity contribution is 0.0150. The molecule has 0 aliphatic heterocycles. The van der Waals surface area contributed by atoms with Crippen LogP contribution in [0, 0.1) is 0 Å². The Balaban J connectivity index is 0.000000187. The maximum Gasteiger partial charge on any atom is 0.506 e. The van der Waals surface area contributed by atoms with E-state index < -0.39 is 11.8 Å². The highest BCUT2D eigenvalue weighted by Crippen LogP contribution is 2.11. The smallest absolute Gasteiger partial charge is 0.450 e. The molecule has 0 aromatic heterocycles. The van der Waals surface area contributed by atoms with E-state index in [1.807, 2.05) is 0 Å². The number of rotatable bonds is 0. The Labute approximate surface area is 107 Å². The molecule has 18 heavy (non-hydrogen) atoms. The van der Waals surface area contributed by atoms with Crippen molar-refractivity contribution in [2.75, 3.05) is 0 Å². The third-order valence-electron chi connectivity index (χ3n) is 2.05. The summed E-state index contributed by atoms with van der Waals surface area (Å²) < 4.78 is 4.35. The number of hydrogen-bond donors (Lipinski definition) is 1. The quantitative estimate of drug-likeness (QED) is 0.704. The summed E-state index contributed by atoms with van der Waals surface area (Å²) in [6.45, 7) is 5.04. The molecule has 0 aliphatic rings. The Morgan fingerprint density at radius 1 is 0.944 bits per heavy atom. The van der Waals surface area contributed by atoms with Crippen molar-refractivity contribution in [2.45, 2.75) is 26.4 Å². The SMILES string of the molecule is CC(C)(C)OC(=O)O.c1ccc2ccccc2c1. The van der Waals surface area contributed by atoms with Crippen LogP contribution in [0.3, 0.4) is 0 Å². The zero-order chi connectivity index (χ0) is 13.6. The molecule has 0 fully saturated rings. The number of carbonyl (C=O) groups is 1. The van der Waals surface area contributed by atoms with E-state index in [0.29, 0.717) is 0 Å². The van der Waals surface area contributed by atoms with Gasteiger partial charge in [0.1, 0.15) is 5.60 Å². The first-order chi connectivity index (χ1) is 8.38. The van der Waals surface area contributed by atoms with Crippen molar-refractivity contribution in [3.05, 3.63) is 48.5 Å². The van der Waals surface area contributed by atoms with Gasteiger partial charge < -0.3 is 9.84 Å². The second kappa shape index (κ2) is 6.05. The maximum absolute atomic E-state index is 9.79. The van der Waals surface area contributed by atoms with Crippen molar-refractivity contribution in [3.63, 3.8) is 0 Å². The van der Waals surface area contributed by atoms with Gasteiger partial charge in [-0.05, 0) is 31.5 Å². The van der Waals surface area contributed by atoms with Gasteiger partial charge in [0.15, 0.2) is 0 Å². The number of benzene rings is 2. The molecule has 0 heterocycles. The molecule has 0 amide bonds. The van der Waals surface area contributed by atoms with Gasteiger partial charge in [-0.2, -0.15) is 0 Å². The minimum atomic E-state index is -1.22. The molecule has 0 bridgehead atoms. The van der Waals surface area contributed by atoms with Crippen LogP contribution in [0.15, 0.2) is 48.5 Å². The summed E-state index contributed by atoms with van der Waals surface area (Å²) in [4.78, 5) is 9.79. The summed E-state index contributed by atoms with van der Waals surface area (Å²) in [7, 11) is 0. The van der Waals surface area contributed by atoms with Gasteiger partial charge in [-0.3, -0.25) is 0 Å². The minimum absolute atomic E-state index is 0.578. The van der Waals surface area contributed by atoms with Crippen LogP contribution in [0.5, 0.6) is 0 Å². The van der Waals surface area contributed by atoms with E-state index in [1.54, 1.807) is 20.8 Å². The Bertz CT molecular complexity index is 447. The van der Waals surface area contributed by atoms with Crippen molar-refractivity contribution in [3.8, 4) is 0 Å². The van der Waals surface area contributed by atoms with Crippen LogP contribution in [0.25, 0.3) is 10.8 Å². The average Bonchev–Trinajstić information content (AvgIpc) is 2.27. The van der Waals surface area contributed by atoms with Crippen LogP contribution < -0.4 is 0 Å². The molecule has 2 rings (SSSR count). The van der Waals surface area contributed by atoms with E-state index in [1.165, 1.54) is 10.8 Å². The number of fused-ring (bicyclic) bond motifs is 1.